The van der Waals surface area contributed by atoms with Crippen molar-refractivity contribution in [2.75, 3.05) is 26.3 Å². The summed E-state index contributed by atoms with van der Waals surface area (Å²) in [6.07, 6.45) is 4.34. The van der Waals surface area contributed by atoms with Gasteiger partial charge in [-0.05, 0) is 31.4 Å². The predicted octanol–water partition coefficient (Wildman–Crippen LogP) is 3.27. The maximum atomic E-state index is 12.8. The maximum absolute atomic E-state index is 12.8. The number of likely N-dealkylation sites (tertiary alicyclic amines) is 1. The van der Waals surface area contributed by atoms with Crippen LogP contribution in [0, 0.1) is 6.92 Å². The van der Waals surface area contributed by atoms with E-state index in [9.17, 15) is 4.79 Å². The number of carbonyl (C=O) groups is 1. The van der Waals surface area contributed by atoms with Crippen LogP contribution < -0.4 is 5.32 Å². The molecule has 2 N–H and O–H groups in total. The van der Waals surface area contributed by atoms with Gasteiger partial charge in [0.2, 0.25) is 5.91 Å². The minimum absolute atomic E-state index is 0. The average Bonchev–Trinajstić information content (AvgIpc) is 3.32. The van der Waals surface area contributed by atoms with Gasteiger partial charge in [0.15, 0.2) is 0 Å². The van der Waals surface area contributed by atoms with Gasteiger partial charge in [0.05, 0.1) is 31.1 Å². The molecule has 2 unspecified atom stereocenters. The van der Waals surface area contributed by atoms with E-state index in [2.05, 4.69) is 46.5 Å². The number of rotatable bonds is 4. The molecule has 2 fully saturated rings. The summed E-state index contributed by atoms with van der Waals surface area (Å²) in [7, 11) is 0. The smallest absolute Gasteiger partial charge is 0.224 e. The lowest BCUT2D eigenvalue weighted by Gasteiger charge is -2.28. The molecule has 0 saturated carbocycles. The quantitative estimate of drug-likeness (QED) is 0.786. The van der Waals surface area contributed by atoms with Gasteiger partial charge in [-0.25, -0.2) is 4.98 Å². The Hall–Kier alpha value is -1.60. The Morgan fingerprint density at radius 3 is 2.96 bits per heavy atom. The second-order valence-electron chi connectivity index (χ2n) is 7.23. The largest absolute Gasteiger partial charge is 0.378 e. The second kappa shape index (κ2) is 10.3. The highest BCUT2D eigenvalue weighted by molar-refractivity contribution is 5.85. The Morgan fingerprint density at radius 2 is 2.21 bits per heavy atom. The lowest BCUT2D eigenvalue weighted by Crippen LogP contribution is -2.45. The Morgan fingerprint density at radius 1 is 1.36 bits per heavy atom. The Balaban J connectivity index is 0.00000140. The maximum Gasteiger partial charge on any atom is 0.224 e. The fourth-order valence-electron chi connectivity index (χ4n) is 3.89. The first kappa shape index (κ1) is 22.7. The van der Waals surface area contributed by atoms with Crippen LogP contribution in [0.15, 0.2) is 30.5 Å². The molecule has 2 atom stereocenters. The molecule has 1 amide bonds. The summed E-state index contributed by atoms with van der Waals surface area (Å²) in [5.74, 6) is 1.07. The highest BCUT2D eigenvalue weighted by Crippen LogP contribution is 2.32. The first-order chi connectivity index (χ1) is 12.7. The van der Waals surface area contributed by atoms with Crippen molar-refractivity contribution >= 4 is 30.7 Å². The van der Waals surface area contributed by atoms with Crippen LogP contribution >= 0.6 is 24.8 Å². The molecule has 1 aromatic carbocycles. The standard InChI is InChI=1S/C20H26N4O2.2ClH/c1-14-4-2-5-15(10-14)17-12-22-20(23-17)18-6-3-8-24(18)19(25)11-16-13-26-9-7-21-16;;/h2,4-5,10,12,16,18,21H,3,6-9,11,13H2,1H3,(H,22,23);2*1H. The minimum Gasteiger partial charge on any atom is -0.378 e. The molecule has 28 heavy (non-hydrogen) atoms. The van der Waals surface area contributed by atoms with E-state index in [4.69, 9.17) is 4.74 Å². The van der Waals surface area contributed by atoms with Crippen molar-refractivity contribution in [3.05, 3.63) is 41.9 Å². The van der Waals surface area contributed by atoms with Crippen LogP contribution in [-0.4, -0.2) is 53.1 Å². The number of ether oxygens (including phenoxy) is 1. The first-order valence-corrected chi connectivity index (χ1v) is 9.43. The molecule has 4 rings (SSSR count). The normalized spacial score (nSPS) is 21.7. The van der Waals surface area contributed by atoms with Crippen molar-refractivity contribution in [2.24, 2.45) is 0 Å². The van der Waals surface area contributed by atoms with E-state index in [-0.39, 0.29) is 42.8 Å². The van der Waals surface area contributed by atoms with Crippen molar-refractivity contribution in [1.29, 1.82) is 0 Å². The molecule has 0 aliphatic carbocycles. The average molecular weight is 427 g/mol. The fourth-order valence-corrected chi connectivity index (χ4v) is 3.89. The van der Waals surface area contributed by atoms with Crippen LogP contribution in [-0.2, 0) is 9.53 Å². The summed E-state index contributed by atoms with van der Waals surface area (Å²) >= 11 is 0. The van der Waals surface area contributed by atoms with Crippen molar-refractivity contribution in [1.82, 2.24) is 20.2 Å². The van der Waals surface area contributed by atoms with E-state index in [0.29, 0.717) is 13.0 Å². The zero-order valence-corrected chi connectivity index (χ0v) is 17.7. The number of carbonyl (C=O) groups excluding carboxylic acids is 1. The Bertz CT molecular complexity index is 777. The highest BCUT2D eigenvalue weighted by Gasteiger charge is 2.33. The fraction of sp³-hybridized carbons (Fsp3) is 0.500. The van der Waals surface area contributed by atoms with Gasteiger partial charge < -0.3 is 19.9 Å². The van der Waals surface area contributed by atoms with Crippen LogP contribution in [0.2, 0.25) is 0 Å². The number of imidazole rings is 1. The molecule has 2 aliphatic heterocycles. The van der Waals surface area contributed by atoms with Crippen LogP contribution in [0.5, 0.6) is 0 Å². The number of benzene rings is 1. The van der Waals surface area contributed by atoms with E-state index in [1.807, 2.05) is 11.1 Å². The zero-order valence-electron chi connectivity index (χ0n) is 16.0. The third-order valence-electron chi connectivity index (χ3n) is 5.23. The highest BCUT2D eigenvalue weighted by atomic mass is 35.5. The molecular weight excluding hydrogens is 399 g/mol. The van der Waals surface area contributed by atoms with Gasteiger partial charge in [-0.2, -0.15) is 0 Å². The lowest BCUT2D eigenvalue weighted by molar-refractivity contribution is -0.133. The summed E-state index contributed by atoms with van der Waals surface area (Å²) in [5, 5.41) is 3.36. The zero-order chi connectivity index (χ0) is 17.9. The first-order valence-electron chi connectivity index (χ1n) is 9.43. The van der Waals surface area contributed by atoms with Crippen LogP contribution in [0.25, 0.3) is 11.3 Å². The van der Waals surface area contributed by atoms with Gasteiger partial charge in [-0.3, -0.25) is 4.79 Å². The van der Waals surface area contributed by atoms with Gasteiger partial charge in [0.1, 0.15) is 5.82 Å². The summed E-state index contributed by atoms with van der Waals surface area (Å²) in [6, 6.07) is 8.53. The Labute approximate surface area is 178 Å². The number of nitrogens with zero attached hydrogens (tertiary/aromatic N) is 2. The molecular formula is C20H28Cl2N4O2. The van der Waals surface area contributed by atoms with Gasteiger partial charge >= 0.3 is 0 Å². The summed E-state index contributed by atoms with van der Waals surface area (Å²) < 4.78 is 5.47. The summed E-state index contributed by atoms with van der Waals surface area (Å²) in [4.78, 5) is 22.8. The summed E-state index contributed by atoms with van der Waals surface area (Å²) in [5.41, 5.74) is 3.35. The number of H-pyrrole nitrogens is 1. The molecule has 2 aromatic rings. The molecule has 0 radical (unpaired) electrons. The van der Waals surface area contributed by atoms with Crippen LogP contribution in [0.4, 0.5) is 0 Å². The number of aromatic nitrogens is 2. The lowest BCUT2D eigenvalue weighted by atomic mass is 10.1. The van der Waals surface area contributed by atoms with Crippen molar-refractivity contribution in [3.63, 3.8) is 0 Å². The molecule has 8 heteroatoms. The molecule has 0 bridgehead atoms. The number of halogens is 2. The van der Waals surface area contributed by atoms with Crippen LogP contribution in [0.3, 0.4) is 0 Å². The van der Waals surface area contributed by atoms with Crippen molar-refractivity contribution < 1.29 is 9.53 Å². The number of nitrogens with one attached hydrogen (secondary N) is 2. The SMILES string of the molecule is Cc1cccc(-c2cnc(C3CCCN3C(=O)CC3COCCN3)[nH]2)c1.Cl.Cl. The van der Waals surface area contributed by atoms with Crippen molar-refractivity contribution in [2.45, 2.75) is 38.3 Å². The molecule has 2 aliphatic rings. The number of aryl methyl sites for hydroxylation is 1. The van der Waals surface area contributed by atoms with Gasteiger partial charge in [0.25, 0.3) is 0 Å². The van der Waals surface area contributed by atoms with Crippen LogP contribution in [0.1, 0.15) is 36.7 Å². The van der Waals surface area contributed by atoms with Gasteiger partial charge in [-0.1, -0.05) is 23.8 Å². The van der Waals surface area contributed by atoms with Gasteiger partial charge in [-0.15, -0.1) is 24.8 Å². The van der Waals surface area contributed by atoms with E-state index in [1.165, 1.54) is 5.56 Å². The molecule has 0 spiro atoms. The minimum atomic E-state index is 0. The topological polar surface area (TPSA) is 70.2 Å². The van der Waals surface area contributed by atoms with Gasteiger partial charge in [0, 0.05) is 25.6 Å². The molecule has 154 valence electrons. The monoisotopic (exact) mass is 426 g/mol. The second-order valence-corrected chi connectivity index (χ2v) is 7.23. The molecule has 3 heterocycles. The number of hydrogen-bond acceptors (Lipinski definition) is 4. The van der Waals surface area contributed by atoms with E-state index in [1.54, 1.807) is 0 Å². The molecule has 6 nitrogen and oxygen atoms in total. The predicted molar refractivity (Wildman–Crippen MR) is 114 cm³/mol. The van der Waals surface area contributed by atoms with E-state index in [0.717, 1.165) is 49.6 Å². The van der Waals surface area contributed by atoms with E-state index >= 15 is 0 Å². The number of hydrogen-bond donors (Lipinski definition) is 2. The summed E-state index contributed by atoms with van der Waals surface area (Å²) in [6.45, 7) is 5.05. The molecule has 2 saturated heterocycles. The third-order valence-corrected chi connectivity index (χ3v) is 5.23. The third kappa shape index (κ3) is 5.06. The molecule has 1 aromatic heterocycles. The Kier molecular flexibility index (Phi) is 8.31. The number of morpholine rings is 1. The number of aromatic amines is 1. The van der Waals surface area contributed by atoms with Crippen molar-refractivity contribution in [3.8, 4) is 11.3 Å². The van der Waals surface area contributed by atoms with E-state index < -0.39 is 0 Å². The number of amides is 1.